The van der Waals surface area contributed by atoms with Crippen LogP contribution in [0, 0.1) is 0 Å². The van der Waals surface area contributed by atoms with Crippen molar-refractivity contribution in [2.45, 2.75) is 33.6 Å². The summed E-state index contributed by atoms with van der Waals surface area (Å²) in [7, 11) is 1.39. The van der Waals surface area contributed by atoms with Gasteiger partial charge in [0.05, 0.1) is 12.5 Å². The Kier molecular flexibility index (Phi) is 6.28. The third-order valence-corrected chi connectivity index (χ3v) is 3.79. The van der Waals surface area contributed by atoms with Crippen LogP contribution in [0.4, 0.5) is 0 Å². The van der Waals surface area contributed by atoms with Crippen molar-refractivity contribution in [3.8, 4) is 17.2 Å². The highest BCUT2D eigenvalue weighted by Gasteiger charge is 2.14. The molecule has 1 aromatic heterocycles. The number of ether oxygens (including phenoxy) is 2. The molecule has 1 heterocycles. The van der Waals surface area contributed by atoms with Crippen molar-refractivity contribution in [1.29, 1.82) is 0 Å². The standard InChI is InChI=1S/C20H24O5/c1-13(2)6-5-7-14(3)10-11-24-15-8-9-16-17(12-15)25-20(22)18(21)19(16)23-4/h6,8-10,12,21H,5,7,11H2,1-4H3. The molecule has 0 spiro atoms. The quantitative estimate of drug-likeness (QED) is 0.588. The van der Waals surface area contributed by atoms with Gasteiger partial charge in [0.15, 0.2) is 5.75 Å². The van der Waals surface area contributed by atoms with E-state index in [1.165, 1.54) is 18.3 Å². The van der Waals surface area contributed by atoms with Crippen LogP contribution in [0.25, 0.3) is 11.0 Å². The predicted octanol–water partition coefficient (Wildman–Crippen LogP) is 4.58. The third-order valence-electron chi connectivity index (χ3n) is 3.79. The second kappa shape index (κ2) is 8.42. The van der Waals surface area contributed by atoms with Gasteiger partial charge in [-0.3, -0.25) is 0 Å². The summed E-state index contributed by atoms with van der Waals surface area (Å²) >= 11 is 0. The zero-order valence-corrected chi connectivity index (χ0v) is 15.1. The van der Waals surface area contributed by atoms with Gasteiger partial charge in [0.1, 0.15) is 17.9 Å². The highest BCUT2D eigenvalue weighted by atomic mass is 16.5. The molecular formula is C20H24O5. The van der Waals surface area contributed by atoms with E-state index in [-0.39, 0.29) is 5.75 Å². The monoisotopic (exact) mass is 344 g/mol. The lowest BCUT2D eigenvalue weighted by molar-refractivity contribution is 0.353. The zero-order valence-electron chi connectivity index (χ0n) is 15.1. The Labute approximate surface area is 147 Å². The molecule has 5 heteroatoms. The van der Waals surface area contributed by atoms with Gasteiger partial charge < -0.3 is 19.0 Å². The van der Waals surface area contributed by atoms with Gasteiger partial charge in [-0.25, -0.2) is 4.79 Å². The minimum absolute atomic E-state index is 0.104. The Hall–Kier alpha value is -2.69. The number of rotatable bonds is 7. The van der Waals surface area contributed by atoms with E-state index in [1.807, 2.05) is 6.08 Å². The molecular weight excluding hydrogens is 320 g/mol. The summed E-state index contributed by atoms with van der Waals surface area (Å²) in [6, 6.07) is 5.05. The molecule has 5 nitrogen and oxygen atoms in total. The van der Waals surface area contributed by atoms with Crippen LogP contribution in [0.2, 0.25) is 0 Å². The average molecular weight is 344 g/mol. The maximum absolute atomic E-state index is 11.6. The van der Waals surface area contributed by atoms with Gasteiger partial charge in [-0.2, -0.15) is 0 Å². The van der Waals surface area contributed by atoms with Crippen LogP contribution >= 0.6 is 0 Å². The molecule has 134 valence electrons. The molecule has 0 saturated carbocycles. The SMILES string of the molecule is COc1c(O)c(=O)oc2cc(OCC=C(C)CCC=C(C)C)ccc12. The number of allylic oxidation sites excluding steroid dienone is 3. The van der Waals surface area contributed by atoms with Gasteiger partial charge in [-0.1, -0.05) is 17.2 Å². The maximum atomic E-state index is 11.6. The maximum Gasteiger partial charge on any atom is 0.382 e. The lowest BCUT2D eigenvalue weighted by Crippen LogP contribution is -2.01. The molecule has 0 fully saturated rings. The zero-order chi connectivity index (χ0) is 18.4. The van der Waals surface area contributed by atoms with E-state index in [9.17, 15) is 9.90 Å². The molecule has 0 radical (unpaired) electrons. The van der Waals surface area contributed by atoms with E-state index in [0.29, 0.717) is 23.3 Å². The van der Waals surface area contributed by atoms with Crippen molar-refractivity contribution in [3.05, 3.63) is 51.9 Å². The lowest BCUT2D eigenvalue weighted by Gasteiger charge is -2.08. The highest BCUT2D eigenvalue weighted by Crippen LogP contribution is 2.33. The van der Waals surface area contributed by atoms with Crippen LogP contribution in [0.3, 0.4) is 0 Å². The Balaban J connectivity index is 2.09. The number of hydrogen-bond donors (Lipinski definition) is 1. The molecule has 0 aliphatic carbocycles. The van der Waals surface area contributed by atoms with E-state index >= 15 is 0 Å². The first-order chi connectivity index (χ1) is 11.9. The third kappa shape index (κ3) is 4.89. The fraction of sp³-hybridized carbons (Fsp3) is 0.350. The summed E-state index contributed by atoms with van der Waals surface area (Å²) in [6.07, 6.45) is 6.27. The van der Waals surface area contributed by atoms with E-state index < -0.39 is 11.4 Å². The summed E-state index contributed by atoms with van der Waals surface area (Å²) in [6.45, 7) is 6.70. The number of benzene rings is 1. The van der Waals surface area contributed by atoms with Crippen molar-refractivity contribution in [1.82, 2.24) is 0 Å². The minimum Gasteiger partial charge on any atom is -0.499 e. The van der Waals surface area contributed by atoms with Gasteiger partial charge >= 0.3 is 5.63 Å². The largest absolute Gasteiger partial charge is 0.499 e. The van der Waals surface area contributed by atoms with E-state index in [1.54, 1.807) is 18.2 Å². The van der Waals surface area contributed by atoms with Crippen LogP contribution in [-0.2, 0) is 0 Å². The number of hydrogen-bond acceptors (Lipinski definition) is 5. The number of methoxy groups -OCH3 is 1. The van der Waals surface area contributed by atoms with Crippen molar-refractivity contribution < 1.29 is 19.0 Å². The second-order valence-electron chi connectivity index (χ2n) is 6.11. The molecule has 0 saturated heterocycles. The number of fused-ring (bicyclic) bond motifs is 1. The van der Waals surface area contributed by atoms with E-state index in [2.05, 4.69) is 26.8 Å². The topological polar surface area (TPSA) is 68.9 Å². The van der Waals surface area contributed by atoms with E-state index in [4.69, 9.17) is 13.9 Å². The van der Waals surface area contributed by atoms with Gasteiger partial charge in [-0.05, 0) is 51.8 Å². The Morgan fingerprint density at radius 1 is 1.24 bits per heavy atom. The molecule has 0 aliphatic rings. The molecule has 1 N–H and O–H groups in total. The smallest absolute Gasteiger partial charge is 0.382 e. The van der Waals surface area contributed by atoms with Crippen molar-refractivity contribution in [2.75, 3.05) is 13.7 Å². The molecule has 2 rings (SSSR count). The summed E-state index contributed by atoms with van der Waals surface area (Å²) in [4.78, 5) is 11.6. The van der Waals surface area contributed by atoms with Crippen LogP contribution in [0.15, 0.2) is 50.7 Å². The number of aromatic hydroxyl groups is 1. The molecule has 2 aromatic rings. The van der Waals surface area contributed by atoms with Crippen molar-refractivity contribution in [3.63, 3.8) is 0 Å². The van der Waals surface area contributed by atoms with Crippen molar-refractivity contribution in [2.24, 2.45) is 0 Å². The Morgan fingerprint density at radius 3 is 2.68 bits per heavy atom. The first-order valence-corrected chi connectivity index (χ1v) is 8.18. The predicted molar refractivity (Wildman–Crippen MR) is 98.6 cm³/mol. The second-order valence-corrected chi connectivity index (χ2v) is 6.11. The summed E-state index contributed by atoms with van der Waals surface area (Å²) in [5.41, 5.74) is 2.05. The fourth-order valence-electron chi connectivity index (χ4n) is 2.41. The molecule has 0 aliphatic heterocycles. The first kappa shape index (κ1) is 18.6. The summed E-state index contributed by atoms with van der Waals surface area (Å²) < 4.78 is 15.9. The Morgan fingerprint density at radius 2 is 2.00 bits per heavy atom. The summed E-state index contributed by atoms with van der Waals surface area (Å²) in [5.74, 6) is 0.156. The van der Waals surface area contributed by atoms with Gasteiger partial charge in [-0.15, -0.1) is 0 Å². The van der Waals surface area contributed by atoms with Crippen LogP contribution in [-0.4, -0.2) is 18.8 Å². The molecule has 0 amide bonds. The molecule has 1 aromatic carbocycles. The fourth-order valence-corrected chi connectivity index (χ4v) is 2.41. The minimum atomic E-state index is -0.837. The lowest BCUT2D eigenvalue weighted by atomic mass is 10.1. The molecule has 0 atom stereocenters. The molecule has 25 heavy (non-hydrogen) atoms. The molecule has 0 unspecified atom stereocenters. The van der Waals surface area contributed by atoms with Gasteiger partial charge in [0.25, 0.3) is 0 Å². The Bertz CT molecular complexity index is 854. The van der Waals surface area contributed by atoms with Crippen LogP contribution in [0.1, 0.15) is 33.6 Å². The highest BCUT2D eigenvalue weighted by molar-refractivity contribution is 5.86. The van der Waals surface area contributed by atoms with Crippen molar-refractivity contribution >= 4 is 11.0 Å². The average Bonchev–Trinajstić information content (AvgIpc) is 2.56. The first-order valence-electron chi connectivity index (χ1n) is 8.18. The van der Waals surface area contributed by atoms with Crippen LogP contribution in [0.5, 0.6) is 17.2 Å². The normalized spacial score (nSPS) is 11.4. The molecule has 0 bridgehead atoms. The van der Waals surface area contributed by atoms with Gasteiger partial charge in [0, 0.05) is 6.07 Å². The van der Waals surface area contributed by atoms with Crippen LogP contribution < -0.4 is 15.1 Å². The van der Waals surface area contributed by atoms with Gasteiger partial charge in [0.2, 0.25) is 5.75 Å². The summed E-state index contributed by atoms with van der Waals surface area (Å²) in [5, 5.41) is 10.2. The van der Waals surface area contributed by atoms with E-state index in [0.717, 1.165) is 12.8 Å².